The van der Waals surface area contributed by atoms with E-state index in [4.69, 9.17) is 4.74 Å². The van der Waals surface area contributed by atoms with Crippen molar-refractivity contribution in [3.63, 3.8) is 0 Å². The van der Waals surface area contributed by atoms with Crippen LogP contribution >= 0.6 is 11.3 Å². The van der Waals surface area contributed by atoms with Gasteiger partial charge in [-0.1, -0.05) is 11.3 Å². The molecule has 3 aromatic rings. The molecule has 1 fully saturated rings. The third-order valence-electron chi connectivity index (χ3n) is 5.00. The fourth-order valence-corrected chi connectivity index (χ4v) is 4.00. The minimum Gasteiger partial charge on any atom is -0.488 e. The SMILES string of the molecule is CC(Oc1cccnc1C(F)(F)F)C1CCCN(c2cncc(-c3nncs3)n2)C1. The molecule has 3 aromatic heterocycles. The van der Waals surface area contributed by atoms with Crippen molar-refractivity contribution < 1.29 is 17.9 Å². The first kappa shape index (κ1) is 20.5. The van der Waals surface area contributed by atoms with E-state index in [2.05, 4.69) is 30.0 Å². The molecule has 0 saturated carbocycles. The summed E-state index contributed by atoms with van der Waals surface area (Å²) in [6.45, 7) is 3.19. The van der Waals surface area contributed by atoms with E-state index in [9.17, 15) is 13.2 Å². The molecule has 4 heterocycles. The van der Waals surface area contributed by atoms with Crippen molar-refractivity contribution in [2.75, 3.05) is 18.0 Å². The van der Waals surface area contributed by atoms with Crippen molar-refractivity contribution >= 4 is 17.2 Å². The van der Waals surface area contributed by atoms with Crippen LogP contribution in [-0.4, -0.2) is 44.3 Å². The van der Waals surface area contributed by atoms with Gasteiger partial charge in [-0.05, 0) is 31.9 Å². The van der Waals surface area contributed by atoms with Gasteiger partial charge in [0.2, 0.25) is 0 Å². The number of anilines is 1. The van der Waals surface area contributed by atoms with Gasteiger partial charge < -0.3 is 9.64 Å². The van der Waals surface area contributed by atoms with Gasteiger partial charge in [0, 0.05) is 25.2 Å². The highest BCUT2D eigenvalue weighted by Crippen LogP contribution is 2.36. The molecule has 0 radical (unpaired) electrons. The number of aromatic nitrogens is 5. The Balaban J connectivity index is 1.48. The molecule has 0 spiro atoms. The van der Waals surface area contributed by atoms with Gasteiger partial charge in [-0.2, -0.15) is 13.2 Å². The highest BCUT2D eigenvalue weighted by atomic mass is 32.1. The van der Waals surface area contributed by atoms with Crippen molar-refractivity contribution in [1.29, 1.82) is 0 Å². The summed E-state index contributed by atoms with van der Waals surface area (Å²) in [6.07, 6.45) is 1.18. The van der Waals surface area contributed by atoms with E-state index in [1.54, 1.807) is 24.8 Å². The van der Waals surface area contributed by atoms with E-state index < -0.39 is 18.0 Å². The summed E-state index contributed by atoms with van der Waals surface area (Å²) in [4.78, 5) is 14.4. The zero-order valence-electron chi connectivity index (χ0n) is 16.1. The molecule has 0 bridgehead atoms. The van der Waals surface area contributed by atoms with Crippen LogP contribution < -0.4 is 9.64 Å². The second-order valence-electron chi connectivity index (χ2n) is 7.03. The number of hydrogen-bond acceptors (Lipinski definition) is 8. The first-order valence-electron chi connectivity index (χ1n) is 9.44. The molecule has 11 heteroatoms. The quantitative estimate of drug-likeness (QED) is 0.596. The zero-order valence-corrected chi connectivity index (χ0v) is 16.9. The molecule has 0 amide bonds. The lowest BCUT2D eigenvalue weighted by molar-refractivity contribution is -0.143. The lowest BCUT2D eigenvalue weighted by Crippen LogP contribution is -2.42. The number of ether oxygens (including phenoxy) is 1. The molecule has 2 unspecified atom stereocenters. The average molecular weight is 436 g/mol. The number of halogens is 3. The van der Waals surface area contributed by atoms with Gasteiger partial charge >= 0.3 is 6.18 Å². The van der Waals surface area contributed by atoms with Gasteiger partial charge in [0.05, 0.1) is 12.4 Å². The Morgan fingerprint density at radius 2 is 2.17 bits per heavy atom. The summed E-state index contributed by atoms with van der Waals surface area (Å²) < 4.78 is 45.3. The summed E-state index contributed by atoms with van der Waals surface area (Å²) in [6, 6.07) is 2.75. The second kappa shape index (κ2) is 8.50. The van der Waals surface area contributed by atoms with Crippen LogP contribution in [-0.2, 0) is 6.18 Å². The zero-order chi connectivity index (χ0) is 21.1. The lowest BCUT2D eigenvalue weighted by atomic mass is 9.93. The van der Waals surface area contributed by atoms with E-state index in [1.807, 2.05) is 0 Å². The molecule has 1 aliphatic heterocycles. The molecule has 7 nitrogen and oxygen atoms in total. The Morgan fingerprint density at radius 1 is 1.30 bits per heavy atom. The lowest BCUT2D eigenvalue weighted by Gasteiger charge is -2.36. The molecule has 158 valence electrons. The number of rotatable bonds is 5. The molecular formula is C19H19F3N6OS. The predicted molar refractivity (Wildman–Crippen MR) is 105 cm³/mol. The first-order valence-corrected chi connectivity index (χ1v) is 10.3. The largest absolute Gasteiger partial charge is 0.488 e. The fourth-order valence-electron chi connectivity index (χ4n) is 3.49. The number of piperidine rings is 1. The van der Waals surface area contributed by atoms with Crippen LogP contribution in [0.4, 0.5) is 19.0 Å². The minimum atomic E-state index is -4.56. The molecule has 4 rings (SSSR count). The van der Waals surface area contributed by atoms with Crippen LogP contribution in [0, 0.1) is 5.92 Å². The highest BCUT2D eigenvalue weighted by molar-refractivity contribution is 7.12. The molecular weight excluding hydrogens is 417 g/mol. The first-order chi connectivity index (χ1) is 14.4. The second-order valence-corrected chi connectivity index (χ2v) is 7.86. The Morgan fingerprint density at radius 3 is 2.93 bits per heavy atom. The molecule has 0 aliphatic carbocycles. The van der Waals surface area contributed by atoms with Crippen LogP contribution in [0.3, 0.4) is 0 Å². The fraction of sp³-hybridized carbons (Fsp3) is 0.421. The van der Waals surface area contributed by atoms with Gasteiger partial charge in [0.1, 0.15) is 23.1 Å². The summed E-state index contributed by atoms with van der Waals surface area (Å²) in [5.41, 5.74) is 1.28. The Kier molecular flexibility index (Phi) is 5.80. The molecule has 30 heavy (non-hydrogen) atoms. The molecule has 0 N–H and O–H groups in total. The van der Waals surface area contributed by atoms with Gasteiger partial charge in [-0.25, -0.2) is 9.97 Å². The summed E-state index contributed by atoms with van der Waals surface area (Å²) >= 11 is 1.38. The van der Waals surface area contributed by atoms with Crippen LogP contribution in [0.15, 0.2) is 36.2 Å². The van der Waals surface area contributed by atoms with Crippen LogP contribution in [0.1, 0.15) is 25.5 Å². The number of hydrogen-bond donors (Lipinski definition) is 0. The van der Waals surface area contributed by atoms with Gasteiger partial charge in [-0.3, -0.25) is 4.98 Å². The van der Waals surface area contributed by atoms with E-state index in [0.717, 1.165) is 25.6 Å². The average Bonchev–Trinajstić information content (AvgIpc) is 3.29. The topological polar surface area (TPSA) is 76.9 Å². The smallest absolute Gasteiger partial charge is 0.437 e. The van der Waals surface area contributed by atoms with Crippen LogP contribution in [0.25, 0.3) is 10.7 Å². The molecule has 1 aliphatic rings. The maximum absolute atomic E-state index is 13.2. The maximum Gasteiger partial charge on any atom is 0.437 e. The van der Waals surface area contributed by atoms with Crippen LogP contribution in [0.5, 0.6) is 5.75 Å². The van der Waals surface area contributed by atoms with Gasteiger partial charge in [0.15, 0.2) is 16.5 Å². The number of nitrogens with zero attached hydrogens (tertiary/aromatic N) is 6. The van der Waals surface area contributed by atoms with Crippen molar-refractivity contribution in [3.8, 4) is 16.5 Å². The monoisotopic (exact) mass is 436 g/mol. The number of pyridine rings is 1. The van der Waals surface area contributed by atoms with Crippen LogP contribution in [0.2, 0.25) is 0 Å². The van der Waals surface area contributed by atoms with Crippen molar-refractivity contribution in [2.24, 2.45) is 5.92 Å². The maximum atomic E-state index is 13.2. The van der Waals surface area contributed by atoms with Crippen molar-refractivity contribution in [1.82, 2.24) is 25.1 Å². The van der Waals surface area contributed by atoms with Gasteiger partial charge in [0.25, 0.3) is 0 Å². The Labute approximate surface area is 175 Å². The summed E-state index contributed by atoms with van der Waals surface area (Å²) in [5, 5.41) is 8.53. The Bertz CT molecular complexity index is 984. The van der Waals surface area contributed by atoms with E-state index >= 15 is 0 Å². The van der Waals surface area contributed by atoms with E-state index in [0.29, 0.717) is 23.1 Å². The predicted octanol–water partition coefficient (Wildman–Crippen LogP) is 4.09. The summed E-state index contributed by atoms with van der Waals surface area (Å²) in [7, 11) is 0. The Hall–Kier alpha value is -2.82. The van der Waals surface area contributed by atoms with E-state index in [-0.39, 0.29) is 11.7 Å². The minimum absolute atomic E-state index is 0.0343. The highest BCUT2D eigenvalue weighted by Gasteiger charge is 2.37. The van der Waals surface area contributed by atoms with Crippen molar-refractivity contribution in [3.05, 3.63) is 41.9 Å². The molecule has 2 atom stereocenters. The summed E-state index contributed by atoms with van der Waals surface area (Å²) in [5.74, 6) is 0.497. The molecule has 1 saturated heterocycles. The third kappa shape index (κ3) is 4.50. The van der Waals surface area contributed by atoms with E-state index in [1.165, 1.54) is 23.5 Å². The van der Waals surface area contributed by atoms with Crippen molar-refractivity contribution in [2.45, 2.75) is 32.0 Å². The molecule has 0 aromatic carbocycles. The standard InChI is InChI=1S/C19H19F3N6OS/c1-12(29-15-5-2-6-24-17(15)19(20,21)22)13-4-3-7-28(10-13)16-9-23-8-14(26-16)18-27-25-11-30-18/h2,5-6,8-9,11-13H,3-4,7,10H2,1H3. The van der Waals surface area contributed by atoms with Gasteiger partial charge in [-0.15, -0.1) is 10.2 Å². The number of alkyl halides is 3. The normalized spacial score (nSPS) is 18.3. The third-order valence-corrected chi connectivity index (χ3v) is 5.71.